The zero-order valence-corrected chi connectivity index (χ0v) is 15.0. The molecule has 0 fully saturated rings. The number of para-hydroxylation sites is 1. The van der Waals surface area contributed by atoms with E-state index < -0.39 is 0 Å². The molecule has 3 nitrogen and oxygen atoms in total. The molecule has 4 heteroatoms. The third-order valence-corrected chi connectivity index (χ3v) is 4.31. The second-order valence-electron chi connectivity index (χ2n) is 5.50. The molecule has 1 amide bonds. The van der Waals surface area contributed by atoms with Crippen LogP contribution in [0.1, 0.15) is 12.5 Å². The Balaban J connectivity index is 1.65. The molecule has 0 saturated carbocycles. The number of nitrogens with one attached hydrogen (secondary N) is 1. The molecule has 0 aromatic heterocycles. The number of carbonyl (C=O) groups is 1. The van der Waals surface area contributed by atoms with Crippen LogP contribution in [0.4, 0.5) is 5.69 Å². The van der Waals surface area contributed by atoms with Gasteiger partial charge in [0.1, 0.15) is 5.75 Å². The lowest BCUT2D eigenvalue weighted by Gasteiger charge is -2.11. The van der Waals surface area contributed by atoms with Crippen molar-refractivity contribution in [3.8, 4) is 5.75 Å². The minimum Gasteiger partial charge on any atom is -0.484 e. The summed E-state index contributed by atoms with van der Waals surface area (Å²) in [6.45, 7) is 2.05. The van der Waals surface area contributed by atoms with E-state index >= 15 is 0 Å². The van der Waals surface area contributed by atoms with E-state index in [1.54, 1.807) is 0 Å². The van der Waals surface area contributed by atoms with Gasteiger partial charge in [-0.15, -0.1) is 0 Å². The zero-order valence-electron chi connectivity index (χ0n) is 13.4. The lowest BCUT2D eigenvalue weighted by atomic mass is 10.1. The van der Waals surface area contributed by atoms with Gasteiger partial charge in [-0.3, -0.25) is 4.79 Å². The lowest BCUT2D eigenvalue weighted by molar-refractivity contribution is -0.118. The second kappa shape index (κ2) is 7.49. The summed E-state index contributed by atoms with van der Waals surface area (Å²) < 4.78 is 6.67. The van der Waals surface area contributed by atoms with Crippen molar-refractivity contribution < 1.29 is 9.53 Å². The average Bonchev–Trinajstić information content (AvgIpc) is 2.60. The first-order valence-corrected chi connectivity index (χ1v) is 8.65. The van der Waals surface area contributed by atoms with E-state index in [0.717, 1.165) is 32.9 Å². The number of anilines is 1. The molecule has 24 heavy (non-hydrogen) atoms. The number of hydrogen-bond donors (Lipinski definition) is 1. The molecule has 3 aromatic rings. The number of fused-ring (bicyclic) bond motifs is 1. The van der Waals surface area contributed by atoms with Crippen LogP contribution in [0.3, 0.4) is 0 Å². The lowest BCUT2D eigenvalue weighted by Crippen LogP contribution is -2.20. The number of amides is 1. The fourth-order valence-electron chi connectivity index (χ4n) is 2.57. The van der Waals surface area contributed by atoms with Crippen LogP contribution >= 0.6 is 15.9 Å². The number of halogens is 1. The molecule has 0 spiro atoms. The number of rotatable bonds is 5. The van der Waals surface area contributed by atoms with Crippen LogP contribution in [0.15, 0.2) is 65.1 Å². The van der Waals surface area contributed by atoms with E-state index in [-0.39, 0.29) is 12.5 Å². The molecule has 0 unspecified atom stereocenters. The van der Waals surface area contributed by atoms with Crippen LogP contribution in [0.2, 0.25) is 0 Å². The van der Waals surface area contributed by atoms with Crippen molar-refractivity contribution in [1.29, 1.82) is 0 Å². The largest absolute Gasteiger partial charge is 0.484 e. The van der Waals surface area contributed by atoms with Gasteiger partial charge in [-0.25, -0.2) is 0 Å². The van der Waals surface area contributed by atoms with Gasteiger partial charge in [0.05, 0.1) is 0 Å². The molecular weight excluding hydrogens is 366 g/mol. The molecule has 0 heterocycles. The number of carbonyl (C=O) groups excluding carboxylic acids is 1. The van der Waals surface area contributed by atoms with Crippen molar-refractivity contribution in [3.63, 3.8) is 0 Å². The predicted octanol–water partition coefficient (Wildman–Crippen LogP) is 5.18. The quantitative estimate of drug-likeness (QED) is 0.658. The van der Waals surface area contributed by atoms with Crippen molar-refractivity contribution in [2.45, 2.75) is 13.3 Å². The van der Waals surface area contributed by atoms with Gasteiger partial charge in [0.15, 0.2) is 6.61 Å². The highest BCUT2D eigenvalue weighted by Crippen LogP contribution is 2.24. The fourth-order valence-corrected chi connectivity index (χ4v) is 2.95. The van der Waals surface area contributed by atoms with Crippen molar-refractivity contribution >= 4 is 38.3 Å². The topological polar surface area (TPSA) is 38.3 Å². The van der Waals surface area contributed by atoms with Crippen LogP contribution in [0, 0.1) is 0 Å². The highest BCUT2D eigenvalue weighted by molar-refractivity contribution is 9.10. The maximum absolute atomic E-state index is 12.1. The van der Waals surface area contributed by atoms with Gasteiger partial charge in [-0.1, -0.05) is 53.2 Å². The van der Waals surface area contributed by atoms with Gasteiger partial charge in [-0.2, -0.15) is 0 Å². The summed E-state index contributed by atoms with van der Waals surface area (Å²) in [6, 6.07) is 19.7. The van der Waals surface area contributed by atoms with Gasteiger partial charge in [0.2, 0.25) is 0 Å². The average molecular weight is 384 g/mol. The minimum absolute atomic E-state index is 0.0138. The van der Waals surface area contributed by atoms with Crippen LogP contribution in [0.25, 0.3) is 10.8 Å². The summed E-state index contributed by atoms with van der Waals surface area (Å²) in [4.78, 5) is 12.1. The van der Waals surface area contributed by atoms with Crippen LogP contribution in [-0.4, -0.2) is 12.5 Å². The van der Waals surface area contributed by atoms with Crippen LogP contribution in [0.5, 0.6) is 5.75 Å². The Morgan fingerprint density at radius 3 is 2.62 bits per heavy atom. The third kappa shape index (κ3) is 3.95. The van der Waals surface area contributed by atoms with Crippen LogP contribution < -0.4 is 10.1 Å². The van der Waals surface area contributed by atoms with Gasteiger partial charge >= 0.3 is 0 Å². The molecule has 0 aliphatic heterocycles. The van der Waals surface area contributed by atoms with Crippen LogP contribution in [-0.2, 0) is 11.2 Å². The molecule has 0 radical (unpaired) electrons. The normalized spacial score (nSPS) is 10.6. The third-order valence-electron chi connectivity index (χ3n) is 3.82. The SMILES string of the molecule is CCc1ccccc1NC(=O)COc1ccc2cc(Br)ccc2c1. The van der Waals surface area contributed by atoms with Crippen molar-refractivity contribution in [2.75, 3.05) is 11.9 Å². The fraction of sp³-hybridized carbons (Fsp3) is 0.150. The highest BCUT2D eigenvalue weighted by Gasteiger charge is 2.07. The summed E-state index contributed by atoms with van der Waals surface area (Å²) in [5.41, 5.74) is 1.96. The Kier molecular flexibility index (Phi) is 5.16. The maximum Gasteiger partial charge on any atom is 0.262 e. The summed E-state index contributed by atoms with van der Waals surface area (Å²) in [5.74, 6) is 0.524. The monoisotopic (exact) mass is 383 g/mol. The Morgan fingerprint density at radius 2 is 1.79 bits per heavy atom. The molecule has 0 saturated heterocycles. The molecule has 3 aromatic carbocycles. The molecule has 122 valence electrons. The molecule has 0 aliphatic carbocycles. The molecule has 3 rings (SSSR count). The van der Waals surface area contributed by atoms with Crippen molar-refractivity contribution in [1.82, 2.24) is 0 Å². The number of benzene rings is 3. The summed E-state index contributed by atoms with van der Waals surface area (Å²) >= 11 is 3.46. The Morgan fingerprint density at radius 1 is 1.04 bits per heavy atom. The zero-order chi connectivity index (χ0) is 16.9. The first-order valence-electron chi connectivity index (χ1n) is 7.85. The molecular formula is C20H18BrNO2. The minimum atomic E-state index is -0.160. The van der Waals surface area contributed by atoms with E-state index in [2.05, 4.69) is 28.2 Å². The van der Waals surface area contributed by atoms with Gasteiger partial charge in [0.25, 0.3) is 5.91 Å². The Hall–Kier alpha value is -2.33. The molecule has 1 N–H and O–H groups in total. The van der Waals surface area contributed by atoms with Gasteiger partial charge in [-0.05, 0) is 53.1 Å². The van der Waals surface area contributed by atoms with E-state index in [1.165, 1.54) is 0 Å². The van der Waals surface area contributed by atoms with Gasteiger partial charge < -0.3 is 10.1 Å². The highest BCUT2D eigenvalue weighted by atomic mass is 79.9. The van der Waals surface area contributed by atoms with Crippen molar-refractivity contribution in [2.24, 2.45) is 0 Å². The molecule has 0 bridgehead atoms. The molecule has 0 aliphatic rings. The Bertz CT molecular complexity index is 876. The number of hydrogen-bond acceptors (Lipinski definition) is 2. The Labute approximate surface area is 149 Å². The van der Waals surface area contributed by atoms with E-state index in [0.29, 0.717) is 5.75 Å². The smallest absolute Gasteiger partial charge is 0.262 e. The van der Waals surface area contributed by atoms with E-state index in [1.807, 2.05) is 60.7 Å². The summed E-state index contributed by atoms with van der Waals surface area (Å²) in [7, 11) is 0. The van der Waals surface area contributed by atoms with Gasteiger partial charge in [0, 0.05) is 10.2 Å². The standard InChI is InChI=1S/C20H18BrNO2/c1-2-14-5-3-4-6-19(14)22-20(23)13-24-18-10-8-15-11-17(21)9-7-16(15)12-18/h3-12H,2,13H2,1H3,(H,22,23). The summed E-state index contributed by atoms with van der Waals surface area (Å²) in [6.07, 6.45) is 0.873. The molecule has 0 atom stereocenters. The number of aryl methyl sites for hydroxylation is 1. The van der Waals surface area contributed by atoms with E-state index in [9.17, 15) is 4.79 Å². The predicted molar refractivity (Wildman–Crippen MR) is 102 cm³/mol. The van der Waals surface area contributed by atoms with E-state index in [4.69, 9.17) is 4.74 Å². The maximum atomic E-state index is 12.1. The summed E-state index contributed by atoms with van der Waals surface area (Å²) in [5, 5.41) is 5.11. The first kappa shape index (κ1) is 16.5. The first-order chi connectivity index (χ1) is 11.7. The second-order valence-corrected chi connectivity index (χ2v) is 6.42. The number of ether oxygens (including phenoxy) is 1. The van der Waals surface area contributed by atoms with Crippen molar-refractivity contribution in [3.05, 3.63) is 70.7 Å².